The average Bonchev–Trinajstić information content (AvgIpc) is 3.40. The van der Waals surface area contributed by atoms with Gasteiger partial charge in [0.2, 0.25) is 11.9 Å². The molecule has 0 aliphatic carbocycles. The summed E-state index contributed by atoms with van der Waals surface area (Å²) in [7, 11) is 0. The number of rotatable bonds is 8. The van der Waals surface area contributed by atoms with E-state index in [-0.39, 0.29) is 24.4 Å². The number of carbonyl (C=O) groups excluding carboxylic acids is 2. The van der Waals surface area contributed by atoms with E-state index in [1.165, 1.54) is 0 Å². The summed E-state index contributed by atoms with van der Waals surface area (Å²) in [6.07, 6.45) is 7.76. The van der Waals surface area contributed by atoms with Gasteiger partial charge < -0.3 is 15.5 Å². The third-order valence-electron chi connectivity index (χ3n) is 6.43. The Balaban J connectivity index is 1.41. The Morgan fingerprint density at radius 2 is 1.92 bits per heavy atom. The van der Waals surface area contributed by atoms with E-state index in [1.54, 1.807) is 24.5 Å². The van der Waals surface area contributed by atoms with Crippen molar-refractivity contribution >= 4 is 23.5 Å². The number of nitrogens with one attached hydrogen (secondary N) is 2. The van der Waals surface area contributed by atoms with E-state index in [9.17, 15) is 9.59 Å². The summed E-state index contributed by atoms with van der Waals surface area (Å²) < 4.78 is 1.93. The molecule has 0 radical (unpaired) electrons. The lowest BCUT2D eigenvalue weighted by atomic mass is 10.0. The predicted molar refractivity (Wildman–Crippen MR) is 140 cm³/mol. The number of hydrogen-bond donors (Lipinski definition) is 2. The Morgan fingerprint density at radius 1 is 1.19 bits per heavy atom. The van der Waals surface area contributed by atoms with Crippen molar-refractivity contribution in [3.63, 3.8) is 0 Å². The lowest BCUT2D eigenvalue weighted by molar-refractivity contribution is -0.128. The number of piperidine rings is 1. The molecule has 2 amide bonds. The maximum Gasteiger partial charge on any atom is 0.252 e. The molecule has 4 rings (SSSR count). The highest BCUT2D eigenvalue weighted by atomic mass is 16.2. The van der Waals surface area contributed by atoms with Gasteiger partial charge in [-0.25, -0.2) is 9.97 Å². The molecule has 2 N–H and O–H groups in total. The van der Waals surface area contributed by atoms with Crippen molar-refractivity contribution in [1.29, 1.82) is 5.26 Å². The largest absolute Gasteiger partial charge is 0.339 e. The van der Waals surface area contributed by atoms with Gasteiger partial charge in [0.15, 0.2) is 0 Å². The molecule has 10 nitrogen and oxygen atoms in total. The van der Waals surface area contributed by atoms with E-state index in [4.69, 9.17) is 5.26 Å². The molecule has 0 spiro atoms. The fourth-order valence-electron chi connectivity index (χ4n) is 4.24. The third-order valence-corrected chi connectivity index (χ3v) is 6.43. The van der Waals surface area contributed by atoms with Crippen molar-refractivity contribution in [3.8, 4) is 17.3 Å². The van der Waals surface area contributed by atoms with Crippen LogP contribution in [0.3, 0.4) is 0 Å². The van der Waals surface area contributed by atoms with Crippen molar-refractivity contribution in [2.75, 3.05) is 25.0 Å². The van der Waals surface area contributed by atoms with Gasteiger partial charge in [0.25, 0.3) is 5.91 Å². The van der Waals surface area contributed by atoms with Crippen molar-refractivity contribution in [1.82, 2.24) is 30.0 Å². The summed E-state index contributed by atoms with van der Waals surface area (Å²) in [6.45, 7) is 9.08. The molecule has 0 atom stereocenters. The summed E-state index contributed by atoms with van der Waals surface area (Å²) in [6, 6.07) is 9.17. The van der Waals surface area contributed by atoms with E-state index in [0.29, 0.717) is 36.6 Å². The third kappa shape index (κ3) is 6.01. The summed E-state index contributed by atoms with van der Waals surface area (Å²) in [4.78, 5) is 35.4. The van der Waals surface area contributed by atoms with Crippen molar-refractivity contribution in [2.45, 2.75) is 39.2 Å². The number of aromatic nitrogens is 4. The number of aryl methyl sites for hydroxylation is 1. The Labute approximate surface area is 216 Å². The first kappa shape index (κ1) is 25.6. The highest BCUT2D eigenvalue weighted by Gasteiger charge is 2.25. The summed E-state index contributed by atoms with van der Waals surface area (Å²) in [5.41, 5.74) is 4.40. The molecule has 1 fully saturated rings. The number of anilines is 2. The number of benzene rings is 1. The van der Waals surface area contributed by atoms with Crippen LogP contribution < -0.4 is 10.6 Å². The van der Waals surface area contributed by atoms with Crippen molar-refractivity contribution < 1.29 is 9.59 Å². The SMILES string of the molecule is C=C(CC)C(=O)N1CCC(n2cc(Nc3ncc(C)c(-c4ccc(C(=O)NCC#N)cc4)n3)cn2)CC1. The minimum Gasteiger partial charge on any atom is -0.339 e. The number of nitriles is 1. The minimum absolute atomic E-state index is 0.0365. The first-order valence-corrected chi connectivity index (χ1v) is 12.3. The van der Waals surface area contributed by atoms with Crippen LogP contribution in [-0.4, -0.2) is 56.1 Å². The lowest BCUT2D eigenvalue weighted by Crippen LogP contribution is -2.39. The number of likely N-dealkylation sites (tertiary alicyclic amines) is 1. The molecular formula is C27H30N8O2. The fourth-order valence-corrected chi connectivity index (χ4v) is 4.24. The van der Waals surface area contributed by atoms with Gasteiger partial charge in [-0.1, -0.05) is 25.6 Å². The molecule has 1 aliphatic heterocycles. The fraction of sp³-hybridized carbons (Fsp3) is 0.333. The molecule has 0 bridgehead atoms. The molecule has 0 unspecified atom stereocenters. The van der Waals surface area contributed by atoms with E-state index in [0.717, 1.165) is 35.3 Å². The topological polar surface area (TPSA) is 129 Å². The Bertz CT molecular complexity index is 1330. The molecule has 10 heteroatoms. The number of amides is 2. The van der Waals surface area contributed by atoms with Crippen LogP contribution in [0, 0.1) is 18.3 Å². The second-order valence-electron chi connectivity index (χ2n) is 8.96. The quantitative estimate of drug-likeness (QED) is 0.357. The number of nitrogens with zero attached hydrogens (tertiary/aromatic N) is 6. The average molecular weight is 499 g/mol. The van der Waals surface area contributed by atoms with Gasteiger partial charge in [-0.3, -0.25) is 14.3 Å². The predicted octanol–water partition coefficient (Wildman–Crippen LogP) is 3.78. The standard InChI is InChI=1S/C27H30N8O2/c1-4-18(2)26(37)34-13-9-23(10-14-34)35-17-22(16-31-35)32-27-30-15-19(3)24(33-27)20-5-7-21(8-6-20)25(36)29-12-11-28/h5-8,15-17,23H,2,4,9-10,12-14H2,1,3H3,(H,29,36)(H,30,32,33). The molecule has 1 aliphatic rings. The normalized spacial score (nSPS) is 13.6. The van der Waals surface area contributed by atoms with E-state index in [2.05, 4.69) is 32.3 Å². The van der Waals surface area contributed by atoms with Crippen LogP contribution in [-0.2, 0) is 4.79 Å². The first-order chi connectivity index (χ1) is 17.9. The van der Waals surface area contributed by atoms with Crippen LogP contribution in [0.5, 0.6) is 0 Å². The van der Waals surface area contributed by atoms with Crippen LogP contribution >= 0.6 is 0 Å². The zero-order chi connectivity index (χ0) is 26.4. The molecule has 3 aromatic rings. The summed E-state index contributed by atoms with van der Waals surface area (Å²) in [5.74, 6) is 0.193. The van der Waals surface area contributed by atoms with Gasteiger partial charge in [-0.05, 0) is 43.9 Å². The van der Waals surface area contributed by atoms with Crippen LogP contribution in [0.15, 0.2) is 55.0 Å². The van der Waals surface area contributed by atoms with Crippen molar-refractivity contribution in [3.05, 3.63) is 66.1 Å². The molecule has 0 saturated carbocycles. The lowest BCUT2D eigenvalue weighted by Gasteiger charge is -2.32. The van der Waals surface area contributed by atoms with Crippen LogP contribution in [0.1, 0.15) is 48.1 Å². The monoisotopic (exact) mass is 498 g/mol. The molecular weight excluding hydrogens is 468 g/mol. The van der Waals surface area contributed by atoms with E-state index in [1.807, 2.05) is 47.8 Å². The summed E-state index contributed by atoms with van der Waals surface area (Å²) in [5, 5.41) is 18.9. The highest BCUT2D eigenvalue weighted by molar-refractivity contribution is 5.94. The van der Waals surface area contributed by atoms with Crippen molar-refractivity contribution in [2.24, 2.45) is 0 Å². The second kappa shape index (κ2) is 11.5. The van der Waals surface area contributed by atoms with Crippen LogP contribution in [0.2, 0.25) is 0 Å². The van der Waals surface area contributed by atoms with Gasteiger partial charge in [0.1, 0.15) is 6.54 Å². The van der Waals surface area contributed by atoms with Crippen LogP contribution in [0.25, 0.3) is 11.3 Å². The zero-order valence-corrected chi connectivity index (χ0v) is 21.1. The first-order valence-electron chi connectivity index (χ1n) is 12.3. The Morgan fingerprint density at radius 3 is 2.59 bits per heavy atom. The number of hydrogen-bond acceptors (Lipinski definition) is 7. The highest BCUT2D eigenvalue weighted by Crippen LogP contribution is 2.26. The number of carbonyl (C=O) groups is 2. The minimum atomic E-state index is -0.296. The molecule has 2 aromatic heterocycles. The molecule has 1 aromatic carbocycles. The zero-order valence-electron chi connectivity index (χ0n) is 21.1. The van der Waals surface area contributed by atoms with E-state index >= 15 is 0 Å². The Hall–Kier alpha value is -4.52. The Kier molecular flexibility index (Phi) is 7.93. The summed E-state index contributed by atoms with van der Waals surface area (Å²) >= 11 is 0. The maximum atomic E-state index is 12.4. The molecule has 1 saturated heterocycles. The van der Waals surface area contributed by atoms with Gasteiger partial charge in [-0.2, -0.15) is 10.4 Å². The second-order valence-corrected chi connectivity index (χ2v) is 8.96. The van der Waals surface area contributed by atoms with Gasteiger partial charge >= 0.3 is 0 Å². The van der Waals surface area contributed by atoms with Gasteiger partial charge in [0, 0.05) is 42.2 Å². The van der Waals surface area contributed by atoms with Crippen LogP contribution in [0.4, 0.5) is 11.6 Å². The smallest absolute Gasteiger partial charge is 0.252 e. The van der Waals surface area contributed by atoms with Gasteiger partial charge in [0.05, 0.1) is 29.7 Å². The maximum absolute atomic E-state index is 12.4. The molecule has 37 heavy (non-hydrogen) atoms. The van der Waals surface area contributed by atoms with E-state index < -0.39 is 0 Å². The molecule has 3 heterocycles. The van der Waals surface area contributed by atoms with Gasteiger partial charge in [-0.15, -0.1) is 0 Å². The molecule has 190 valence electrons.